The molecule has 18 heavy (non-hydrogen) atoms. The zero-order valence-electron chi connectivity index (χ0n) is 9.07. The molecule has 1 unspecified atom stereocenters. The van der Waals surface area contributed by atoms with Gasteiger partial charge in [0.05, 0.1) is 4.90 Å². The average molecular weight is 281 g/mol. The lowest BCUT2D eigenvalue weighted by Crippen LogP contribution is -2.26. The van der Waals surface area contributed by atoms with E-state index >= 15 is 0 Å². The lowest BCUT2D eigenvalue weighted by molar-refractivity contribution is -0.271. The summed E-state index contributed by atoms with van der Waals surface area (Å²) >= 11 is 0. The van der Waals surface area contributed by atoms with Crippen molar-refractivity contribution in [3.8, 4) is 0 Å². The van der Waals surface area contributed by atoms with Gasteiger partial charge >= 0.3 is 16.5 Å². The van der Waals surface area contributed by atoms with Crippen molar-refractivity contribution in [2.75, 3.05) is 6.54 Å². The first-order chi connectivity index (χ1) is 8.23. The Hall–Kier alpha value is -1.12. The zero-order valence-corrected chi connectivity index (χ0v) is 9.88. The minimum atomic E-state index is -5.22. The molecule has 4 nitrogen and oxygen atoms in total. The molecule has 0 radical (unpaired) electrons. The lowest BCUT2D eigenvalue weighted by Gasteiger charge is -2.29. The van der Waals surface area contributed by atoms with E-state index in [1.807, 2.05) is 0 Å². The van der Waals surface area contributed by atoms with Crippen molar-refractivity contribution < 1.29 is 25.8 Å². The Bertz CT molecular complexity index is 568. The molecule has 1 aromatic carbocycles. The Morgan fingerprint density at radius 1 is 1.39 bits per heavy atom. The first-order valence-electron chi connectivity index (χ1n) is 5.08. The third kappa shape index (κ3) is 2.50. The maximum absolute atomic E-state index is 11.9. The van der Waals surface area contributed by atoms with Crippen molar-refractivity contribution in [2.24, 2.45) is 5.73 Å². The summed E-state index contributed by atoms with van der Waals surface area (Å²) in [5.74, 6) is 0.153. The molecule has 1 aliphatic rings. The molecule has 2 rings (SSSR count). The molecule has 100 valence electrons. The summed E-state index contributed by atoms with van der Waals surface area (Å²) in [7, 11) is -4.80. The van der Waals surface area contributed by atoms with Gasteiger partial charge in [-0.3, -0.25) is 0 Å². The van der Waals surface area contributed by atoms with Crippen LogP contribution in [0.2, 0.25) is 0 Å². The zero-order chi connectivity index (χ0) is 13.6. The predicted molar refractivity (Wildman–Crippen MR) is 56.3 cm³/mol. The van der Waals surface area contributed by atoms with E-state index in [-0.39, 0.29) is 5.92 Å². The molecule has 0 heterocycles. The van der Waals surface area contributed by atoms with Crippen LogP contribution in [0.25, 0.3) is 0 Å². The number of alkyl halides is 3. The molecule has 0 bridgehead atoms. The van der Waals surface area contributed by atoms with Gasteiger partial charge in [0, 0.05) is 5.92 Å². The number of benzene rings is 1. The van der Waals surface area contributed by atoms with Gasteiger partial charge in [0.1, 0.15) is 0 Å². The fourth-order valence-corrected chi connectivity index (χ4v) is 2.81. The highest BCUT2D eigenvalue weighted by molar-refractivity contribution is 7.86. The molecule has 1 aromatic rings. The molecule has 2 N–H and O–H groups in total. The number of halogens is 3. The third-order valence-electron chi connectivity index (χ3n) is 2.80. The Morgan fingerprint density at radius 2 is 2.06 bits per heavy atom. The van der Waals surface area contributed by atoms with Crippen LogP contribution in [0.1, 0.15) is 17.0 Å². The minimum absolute atomic E-state index is 0.153. The number of hydrogen-bond donors (Lipinski definition) is 1. The molecule has 0 aromatic heterocycles. The highest BCUT2D eigenvalue weighted by atomic mass is 32.2. The standard InChI is InChI=1S/C10H10F3NO3S/c11-10(12,13)17-18(15,16)8-1-2-9-6(4-8)3-7(9)5-14/h1-2,4,7H,3,5,14H2. The molecule has 0 saturated carbocycles. The van der Waals surface area contributed by atoms with Crippen LogP contribution in [0.15, 0.2) is 23.1 Å². The van der Waals surface area contributed by atoms with Gasteiger partial charge in [0.2, 0.25) is 0 Å². The van der Waals surface area contributed by atoms with Crippen LogP contribution in [-0.2, 0) is 20.7 Å². The summed E-state index contributed by atoms with van der Waals surface area (Å²) in [5, 5.41) is 0. The number of nitrogens with two attached hydrogens (primary N) is 1. The predicted octanol–water partition coefficient (Wildman–Crippen LogP) is 1.51. The van der Waals surface area contributed by atoms with Crippen molar-refractivity contribution in [1.82, 2.24) is 0 Å². The maximum atomic E-state index is 11.9. The van der Waals surface area contributed by atoms with Gasteiger partial charge in [0.25, 0.3) is 0 Å². The third-order valence-corrected chi connectivity index (χ3v) is 4.04. The number of hydrogen-bond acceptors (Lipinski definition) is 4. The normalized spacial score (nSPS) is 19.2. The Morgan fingerprint density at radius 3 is 2.56 bits per heavy atom. The van der Waals surface area contributed by atoms with Gasteiger partial charge in [-0.05, 0) is 36.2 Å². The van der Waals surface area contributed by atoms with Crippen molar-refractivity contribution in [1.29, 1.82) is 0 Å². The van der Waals surface area contributed by atoms with Gasteiger partial charge in [-0.2, -0.15) is 12.6 Å². The van der Waals surface area contributed by atoms with E-state index in [1.54, 1.807) is 0 Å². The topological polar surface area (TPSA) is 69.4 Å². The van der Waals surface area contributed by atoms with Gasteiger partial charge in [-0.1, -0.05) is 6.07 Å². The molecule has 0 amide bonds. The summed E-state index contributed by atoms with van der Waals surface area (Å²) in [6.45, 7) is 0.429. The molecule has 1 aliphatic carbocycles. The molecule has 0 aliphatic heterocycles. The molecule has 8 heteroatoms. The minimum Gasteiger partial charge on any atom is -0.330 e. The summed E-state index contributed by atoms with van der Waals surface area (Å²) in [5.41, 5.74) is 7.03. The lowest BCUT2D eigenvalue weighted by atomic mass is 9.78. The SMILES string of the molecule is NCC1Cc2cc(S(=O)(=O)OC(F)(F)F)ccc21. The quantitative estimate of drug-likeness (QED) is 0.853. The van der Waals surface area contributed by atoms with Gasteiger partial charge in [-0.15, -0.1) is 13.2 Å². The molecular formula is C10H10F3NO3S. The Kier molecular flexibility index (Phi) is 3.12. The van der Waals surface area contributed by atoms with E-state index in [0.717, 1.165) is 11.6 Å². The van der Waals surface area contributed by atoms with E-state index in [9.17, 15) is 21.6 Å². The largest absolute Gasteiger partial charge is 0.537 e. The molecule has 0 fully saturated rings. The van der Waals surface area contributed by atoms with E-state index in [1.165, 1.54) is 12.1 Å². The fourth-order valence-electron chi connectivity index (χ4n) is 1.94. The Balaban J connectivity index is 2.28. The van der Waals surface area contributed by atoms with Crippen molar-refractivity contribution in [3.05, 3.63) is 29.3 Å². The van der Waals surface area contributed by atoms with E-state index in [2.05, 4.69) is 4.18 Å². The van der Waals surface area contributed by atoms with Crippen molar-refractivity contribution in [3.63, 3.8) is 0 Å². The van der Waals surface area contributed by atoms with Crippen molar-refractivity contribution in [2.45, 2.75) is 23.6 Å². The summed E-state index contributed by atoms with van der Waals surface area (Å²) in [4.78, 5) is -0.492. The summed E-state index contributed by atoms with van der Waals surface area (Å²) < 4.78 is 61.6. The van der Waals surface area contributed by atoms with Crippen molar-refractivity contribution >= 4 is 10.1 Å². The van der Waals surface area contributed by atoms with Crippen LogP contribution in [0.5, 0.6) is 0 Å². The monoisotopic (exact) mass is 281 g/mol. The molecule has 0 saturated heterocycles. The van der Waals surface area contributed by atoms with Gasteiger partial charge in [-0.25, -0.2) is 0 Å². The maximum Gasteiger partial charge on any atom is 0.537 e. The van der Waals surface area contributed by atoms with Gasteiger partial charge < -0.3 is 5.73 Å². The van der Waals surface area contributed by atoms with E-state index in [0.29, 0.717) is 18.5 Å². The molecule has 1 atom stereocenters. The highest BCUT2D eigenvalue weighted by Crippen LogP contribution is 2.36. The van der Waals surface area contributed by atoms with Crippen LogP contribution in [0.3, 0.4) is 0 Å². The fraction of sp³-hybridized carbons (Fsp3) is 0.400. The second-order valence-electron chi connectivity index (χ2n) is 3.98. The van der Waals surface area contributed by atoms with E-state index < -0.39 is 21.4 Å². The van der Waals surface area contributed by atoms with Crippen LogP contribution in [0.4, 0.5) is 13.2 Å². The van der Waals surface area contributed by atoms with Crippen LogP contribution in [0, 0.1) is 0 Å². The van der Waals surface area contributed by atoms with Crippen LogP contribution in [-0.4, -0.2) is 21.3 Å². The smallest absolute Gasteiger partial charge is 0.330 e. The summed E-state index contributed by atoms with van der Waals surface area (Å²) in [6.07, 6.45) is -4.65. The Labute approximate surface area is 102 Å². The van der Waals surface area contributed by atoms with E-state index in [4.69, 9.17) is 5.73 Å². The number of fused-ring (bicyclic) bond motifs is 1. The first-order valence-corrected chi connectivity index (χ1v) is 6.49. The molecular weight excluding hydrogens is 271 g/mol. The van der Waals surface area contributed by atoms with Crippen LogP contribution >= 0.6 is 0 Å². The average Bonchev–Trinajstić information content (AvgIpc) is 2.16. The van der Waals surface area contributed by atoms with Crippen LogP contribution < -0.4 is 5.73 Å². The second-order valence-corrected chi connectivity index (χ2v) is 5.53. The first kappa shape index (κ1) is 13.3. The van der Waals surface area contributed by atoms with Gasteiger partial charge in [0.15, 0.2) is 0 Å². The second kappa shape index (κ2) is 4.22. The number of rotatable bonds is 3. The summed E-state index contributed by atoms with van der Waals surface area (Å²) in [6, 6.07) is 3.77. The molecule has 0 spiro atoms. The highest BCUT2D eigenvalue weighted by Gasteiger charge is 2.38.